The van der Waals surface area contributed by atoms with Gasteiger partial charge in [0.25, 0.3) is 0 Å². The van der Waals surface area contributed by atoms with Gasteiger partial charge in [0, 0.05) is 54.3 Å². The average molecular weight is 836 g/mol. The number of aliphatic imine (C=N–C) groups is 3. The van der Waals surface area contributed by atoms with Crippen LogP contribution in [0.1, 0.15) is 11.1 Å². The van der Waals surface area contributed by atoms with Crippen LogP contribution < -0.4 is 0 Å². The molecule has 65 heavy (non-hydrogen) atoms. The lowest BCUT2D eigenvalue weighted by molar-refractivity contribution is 0.663. The van der Waals surface area contributed by atoms with Crippen LogP contribution in [0.5, 0.6) is 0 Å². The Kier molecular flexibility index (Phi) is 8.29. The van der Waals surface area contributed by atoms with E-state index < -0.39 is 0 Å². The van der Waals surface area contributed by atoms with Crippen LogP contribution in [0.25, 0.3) is 104 Å². The molecule has 0 unspecified atom stereocenters. The highest BCUT2D eigenvalue weighted by atomic mass is 16.3. The molecule has 0 radical (unpaired) electrons. The van der Waals surface area contributed by atoms with Gasteiger partial charge in [0.1, 0.15) is 22.3 Å². The lowest BCUT2D eigenvalue weighted by atomic mass is 9.98. The molecule has 0 aliphatic carbocycles. The Bertz CT molecular complexity index is 4120. The summed E-state index contributed by atoms with van der Waals surface area (Å²) < 4.78 is 17.5. The van der Waals surface area contributed by atoms with Gasteiger partial charge in [-0.15, -0.1) is 0 Å². The Morgan fingerprint density at radius 3 is 1.86 bits per heavy atom. The predicted molar refractivity (Wildman–Crippen MR) is 269 cm³/mol. The maximum Gasteiger partial charge on any atom is 0.236 e. The van der Waals surface area contributed by atoms with E-state index in [1.807, 2.05) is 48.5 Å². The normalized spacial score (nSPS) is 12.6. The molecule has 0 saturated heterocycles. The maximum absolute atomic E-state index is 6.60. The van der Waals surface area contributed by atoms with Crippen molar-refractivity contribution in [2.24, 2.45) is 15.0 Å². The largest absolute Gasteiger partial charge is 0.456 e. The molecule has 7 nitrogen and oxygen atoms in total. The van der Waals surface area contributed by atoms with Crippen LogP contribution in [-0.4, -0.2) is 27.6 Å². The van der Waals surface area contributed by atoms with Crippen molar-refractivity contribution in [2.45, 2.75) is 6.54 Å². The van der Waals surface area contributed by atoms with E-state index >= 15 is 0 Å². The van der Waals surface area contributed by atoms with Crippen LogP contribution in [0.2, 0.25) is 0 Å². The quantitative estimate of drug-likeness (QED) is 0.128. The van der Waals surface area contributed by atoms with Gasteiger partial charge in [0.15, 0.2) is 5.84 Å². The lowest BCUT2D eigenvalue weighted by Gasteiger charge is -2.10. The molecular formula is C58H37N5O2. The Balaban J connectivity index is 1.02. The summed E-state index contributed by atoms with van der Waals surface area (Å²) in [5.41, 5.74) is 12.4. The van der Waals surface area contributed by atoms with E-state index in [1.54, 1.807) is 0 Å². The number of rotatable bonds is 5. The molecule has 0 N–H and O–H groups in total. The van der Waals surface area contributed by atoms with Crippen LogP contribution in [-0.2, 0) is 6.54 Å². The van der Waals surface area contributed by atoms with Gasteiger partial charge in [-0.05, 0) is 78.5 Å². The minimum atomic E-state index is 0.303. The van der Waals surface area contributed by atoms with Crippen LogP contribution in [0.15, 0.2) is 224 Å². The second-order valence-electron chi connectivity index (χ2n) is 16.4. The molecule has 306 valence electrons. The topological polar surface area (TPSA) is 73.2 Å². The van der Waals surface area contributed by atoms with Gasteiger partial charge in [-0.3, -0.25) is 9.56 Å². The van der Waals surface area contributed by atoms with Crippen molar-refractivity contribution < 1.29 is 8.83 Å². The summed E-state index contributed by atoms with van der Waals surface area (Å²) >= 11 is 0. The van der Waals surface area contributed by atoms with Crippen molar-refractivity contribution in [1.82, 2.24) is 9.13 Å². The number of fused-ring (bicyclic) bond motifs is 12. The fourth-order valence-electron chi connectivity index (χ4n) is 9.92. The Morgan fingerprint density at radius 2 is 1.08 bits per heavy atom. The second kappa shape index (κ2) is 14.6. The number of furan rings is 2. The number of nitrogens with zero attached hydrogens (tertiary/aromatic N) is 5. The summed E-state index contributed by atoms with van der Waals surface area (Å²) in [6.07, 6.45) is 0. The van der Waals surface area contributed by atoms with Crippen LogP contribution >= 0.6 is 0 Å². The molecule has 4 aromatic heterocycles. The number of amidine groups is 1. The Labute approximate surface area is 372 Å². The summed E-state index contributed by atoms with van der Waals surface area (Å²) in [6.45, 7) is 4.43. The van der Waals surface area contributed by atoms with E-state index in [0.717, 1.165) is 93.6 Å². The molecule has 0 spiro atoms. The first-order valence-corrected chi connectivity index (χ1v) is 21.7. The summed E-state index contributed by atoms with van der Waals surface area (Å²) in [6, 6.07) is 69.5. The van der Waals surface area contributed by atoms with Crippen molar-refractivity contribution in [3.8, 4) is 16.8 Å². The average Bonchev–Trinajstić information content (AvgIpc) is 4.12. The highest BCUT2D eigenvalue weighted by Gasteiger charge is 2.22. The fourth-order valence-corrected chi connectivity index (χ4v) is 9.92. The predicted octanol–water partition coefficient (Wildman–Crippen LogP) is 14.9. The molecule has 7 heteroatoms. The molecule has 0 atom stereocenters. The van der Waals surface area contributed by atoms with Crippen molar-refractivity contribution >= 4 is 106 Å². The zero-order valence-electron chi connectivity index (χ0n) is 35.0. The van der Waals surface area contributed by atoms with Crippen molar-refractivity contribution in [2.75, 3.05) is 0 Å². The number of para-hydroxylation sites is 7. The third-order valence-electron chi connectivity index (χ3n) is 12.8. The van der Waals surface area contributed by atoms with Gasteiger partial charge in [-0.1, -0.05) is 140 Å². The number of aromatic nitrogens is 2. The Hall–Kier alpha value is -8.81. The number of benzene rings is 9. The highest BCUT2D eigenvalue weighted by Crippen LogP contribution is 2.41. The third-order valence-corrected chi connectivity index (χ3v) is 12.8. The first-order chi connectivity index (χ1) is 32.2. The van der Waals surface area contributed by atoms with E-state index in [9.17, 15) is 0 Å². The Morgan fingerprint density at radius 1 is 0.477 bits per heavy atom. The molecule has 13 rings (SSSR count). The van der Waals surface area contributed by atoms with Crippen LogP contribution in [0.4, 0.5) is 0 Å². The molecular weight excluding hydrogens is 799 g/mol. The first kappa shape index (κ1) is 36.8. The minimum Gasteiger partial charge on any atom is -0.456 e. The van der Waals surface area contributed by atoms with Crippen LogP contribution in [0, 0.1) is 0 Å². The van der Waals surface area contributed by atoms with Crippen molar-refractivity contribution in [1.29, 1.82) is 0 Å². The summed E-state index contributed by atoms with van der Waals surface area (Å²) in [7, 11) is 0. The van der Waals surface area contributed by atoms with E-state index in [1.165, 1.54) is 16.3 Å². The van der Waals surface area contributed by atoms with Crippen LogP contribution in [0.3, 0.4) is 0 Å². The van der Waals surface area contributed by atoms with Gasteiger partial charge in [0.05, 0.1) is 34.2 Å². The molecule has 0 bridgehead atoms. The molecule has 0 aliphatic heterocycles. The molecule has 4 heterocycles. The van der Waals surface area contributed by atoms with Gasteiger partial charge >= 0.3 is 0 Å². The van der Waals surface area contributed by atoms with Crippen molar-refractivity contribution in [3.63, 3.8) is 0 Å². The molecule has 0 fully saturated rings. The molecule has 9 aromatic carbocycles. The maximum atomic E-state index is 6.60. The molecule has 0 saturated carbocycles. The summed E-state index contributed by atoms with van der Waals surface area (Å²) in [4.78, 5) is 15.4. The zero-order valence-corrected chi connectivity index (χ0v) is 35.0. The lowest BCUT2D eigenvalue weighted by Crippen LogP contribution is -2.13. The van der Waals surface area contributed by atoms with Gasteiger partial charge in [0.2, 0.25) is 5.96 Å². The number of hydrogen-bond donors (Lipinski definition) is 0. The monoisotopic (exact) mass is 835 g/mol. The van der Waals surface area contributed by atoms with Crippen molar-refractivity contribution in [3.05, 3.63) is 211 Å². The molecule has 0 amide bonds. The zero-order chi connectivity index (χ0) is 43.0. The molecule has 13 aromatic rings. The van der Waals surface area contributed by atoms with E-state index in [2.05, 4.69) is 168 Å². The minimum absolute atomic E-state index is 0.303. The van der Waals surface area contributed by atoms with Gasteiger partial charge in [-0.25, -0.2) is 4.99 Å². The van der Waals surface area contributed by atoms with E-state index in [4.69, 9.17) is 23.8 Å². The third kappa shape index (κ3) is 5.72. The standard InChI is InChI=1S/C58H37N5O2/c1-59-58(61-57(46-26-14-25-44-42-21-8-12-31-53(42)65-56(44)46)60-35-37-16-13-24-43-41-20-7-11-30-52(41)64-55(37)43)63-49-28-10-6-22-45(49)54-39(23-15-29-51(54)63)36-32-33-50-47(34-36)40-19-5-9-27-48(40)62(50)38-17-3-2-4-18-38/h2-34H,1,35H2. The second-order valence-corrected chi connectivity index (χ2v) is 16.4. The van der Waals surface area contributed by atoms with E-state index in [-0.39, 0.29) is 0 Å². The van der Waals surface area contributed by atoms with Gasteiger partial charge < -0.3 is 13.4 Å². The summed E-state index contributed by atoms with van der Waals surface area (Å²) in [5.74, 6) is 0.857. The smallest absolute Gasteiger partial charge is 0.236 e. The molecule has 0 aliphatic rings. The SMILES string of the molecule is C=NC(=NC(=NCc1cccc2c1oc1ccccc12)c1cccc2c1oc1ccccc12)n1c2ccccc2c2c(-c3ccc4c(c3)c3ccccc3n4-c3ccccc3)cccc21. The highest BCUT2D eigenvalue weighted by molar-refractivity contribution is 6.23. The number of hydrogen-bond acceptors (Lipinski definition) is 3. The fraction of sp³-hybridized carbons (Fsp3) is 0.0172. The van der Waals surface area contributed by atoms with Gasteiger partial charge in [-0.2, -0.15) is 4.99 Å². The first-order valence-electron chi connectivity index (χ1n) is 21.7. The van der Waals surface area contributed by atoms with E-state index in [0.29, 0.717) is 23.9 Å². The summed E-state index contributed by atoms with van der Waals surface area (Å²) in [5, 5.41) is 8.71.